The molecule has 3 aromatic carbocycles. The van der Waals surface area contributed by atoms with Crippen LogP contribution in [-0.4, -0.2) is 25.9 Å². The van der Waals surface area contributed by atoms with Crippen LogP contribution in [0.25, 0.3) is 10.2 Å². The van der Waals surface area contributed by atoms with Gasteiger partial charge in [-0.05, 0) is 67.9 Å². The zero-order chi connectivity index (χ0) is 22.7. The smallest absolute Gasteiger partial charge is 0.262 e. The van der Waals surface area contributed by atoms with E-state index in [0.29, 0.717) is 28.7 Å². The maximum absolute atomic E-state index is 13.0. The predicted molar refractivity (Wildman–Crippen MR) is 127 cm³/mol. The second-order valence-corrected chi connectivity index (χ2v) is 9.67. The van der Waals surface area contributed by atoms with E-state index in [1.165, 1.54) is 17.4 Å². The number of thiazole rings is 1. The number of para-hydroxylation sites is 1. The van der Waals surface area contributed by atoms with Gasteiger partial charge in [-0.15, -0.1) is 0 Å². The van der Waals surface area contributed by atoms with Crippen LogP contribution in [0.2, 0.25) is 0 Å². The molecule has 0 saturated heterocycles. The summed E-state index contributed by atoms with van der Waals surface area (Å²) in [5.41, 5.74) is 1.94. The number of aromatic nitrogens is 1. The number of fused-ring (bicyclic) bond motifs is 1. The highest BCUT2D eigenvalue weighted by atomic mass is 32.2. The maximum atomic E-state index is 13.0. The Balaban J connectivity index is 1.56. The molecule has 32 heavy (non-hydrogen) atoms. The Hall–Kier alpha value is -3.43. The van der Waals surface area contributed by atoms with Gasteiger partial charge in [0.25, 0.3) is 15.9 Å². The first-order valence-electron chi connectivity index (χ1n) is 9.89. The first-order valence-corrected chi connectivity index (χ1v) is 12.2. The minimum atomic E-state index is -3.90. The summed E-state index contributed by atoms with van der Waals surface area (Å²) in [6, 6.07) is 18.8. The Bertz CT molecular complexity index is 1350. The van der Waals surface area contributed by atoms with E-state index in [0.717, 1.165) is 10.2 Å². The van der Waals surface area contributed by atoms with E-state index in [-0.39, 0.29) is 10.5 Å². The molecule has 0 atom stereocenters. The van der Waals surface area contributed by atoms with Crippen molar-refractivity contribution in [2.45, 2.75) is 18.7 Å². The van der Waals surface area contributed by atoms with Crippen LogP contribution in [0.5, 0.6) is 5.75 Å². The molecule has 1 amide bonds. The van der Waals surface area contributed by atoms with Gasteiger partial charge in [0.1, 0.15) is 5.75 Å². The number of aryl methyl sites for hydroxylation is 1. The van der Waals surface area contributed by atoms with E-state index < -0.39 is 15.9 Å². The van der Waals surface area contributed by atoms with E-state index in [1.54, 1.807) is 43.3 Å². The molecule has 4 aromatic rings. The molecule has 0 spiro atoms. The molecule has 2 N–H and O–H groups in total. The largest absolute Gasteiger partial charge is 0.494 e. The molecule has 0 saturated carbocycles. The fraction of sp³-hybridized carbons (Fsp3) is 0.130. The molecule has 0 aliphatic heterocycles. The average molecular weight is 468 g/mol. The number of ether oxygens (including phenoxy) is 1. The Morgan fingerprint density at radius 3 is 2.53 bits per heavy atom. The molecule has 0 unspecified atom stereocenters. The number of nitrogens with one attached hydrogen (secondary N) is 2. The standard InChI is InChI=1S/C23H21N3O4S2/c1-3-30-18-12-10-17(11-13-18)26-32(28,29)21-14-16(9-8-15(21)2)22(27)25-23-24-19-6-4-5-7-20(19)31-23/h4-14,26H,3H2,1-2H3,(H,24,25,27). The summed E-state index contributed by atoms with van der Waals surface area (Å²) in [6.45, 7) is 4.08. The lowest BCUT2D eigenvalue weighted by Crippen LogP contribution is -2.17. The lowest BCUT2D eigenvalue weighted by molar-refractivity contribution is 0.102. The van der Waals surface area contributed by atoms with Crippen LogP contribution in [-0.2, 0) is 10.0 Å². The van der Waals surface area contributed by atoms with E-state index >= 15 is 0 Å². The highest BCUT2D eigenvalue weighted by Gasteiger charge is 2.20. The van der Waals surface area contributed by atoms with Crippen molar-refractivity contribution in [1.82, 2.24) is 4.98 Å². The molecular weight excluding hydrogens is 446 g/mol. The summed E-state index contributed by atoms with van der Waals surface area (Å²) in [5.74, 6) is 0.224. The van der Waals surface area contributed by atoms with Gasteiger partial charge in [-0.1, -0.05) is 29.5 Å². The molecule has 7 nitrogen and oxygen atoms in total. The van der Waals surface area contributed by atoms with Gasteiger partial charge in [-0.25, -0.2) is 13.4 Å². The number of anilines is 2. The van der Waals surface area contributed by atoms with Crippen LogP contribution in [0, 0.1) is 6.92 Å². The summed E-state index contributed by atoms with van der Waals surface area (Å²) in [5, 5.41) is 3.21. The van der Waals surface area contributed by atoms with Gasteiger partial charge in [0.05, 0.1) is 21.7 Å². The molecule has 9 heteroatoms. The first kappa shape index (κ1) is 21.8. The number of amides is 1. The van der Waals surface area contributed by atoms with Crippen LogP contribution in [0.4, 0.5) is 10.8 Å². The molecule has 0 radical (unpaired) electrons. The van der Waals surface area contributed by atoms with Crippen molar-refractivity contribution in [3.05, 3.63) is 77.9 Å². The molecular formula is C23H21N3O4S2. The quantitative estimate of drug-likeness (QED) is 0.396. The van der Waals surface area contributed by atoms with Gasteiger partial charge in [0, 0.05) is 11.3 Å². The van der Waals surface area contributed by atoms with Crippen molar-refractivity contribution < 1.29 is 17.9 Å². The number of rotatable bonds is 7. The van der Waals surface area contributed by atoms with E-state index in [4.69, 9.17) is 4.74 Å². The topological polar surface area (TPSA) is 97.4 Å². The number of carbonyl (C=O) groups excluding carboxylic acids is 1. The average Bonchev–Trinajstić information content (AvgIpc) is 3.17. The fourth-order valence-electron chi connectivity index (χ4n) is 3.12. The highest BCUT2D eigenvalue weighted by Crippen LogP contribution is 2.27. The number of nitrogens with zero attached hydrogens (tertiary/aromatic N) is 1. The SMILES string of the molecule is CCOc1ccc(NS(=O)(=O)c2cc(C(=O)Nc3nc4ccccc4s3)ccc2C)cc1. The minimum Gasteiger partial charge on any atom is -0.494 e. The molecule has 1 aromatic heterocycles. The molecule has 164 valence electrons. The zero-order valence-electron chi connectivity index (χ0n) is 17.5. The number of hydrogen-bond donors (Lipinski definition) is 2. The Morgan fingerprint density at radius 1 is 1.06 bits per heavy atom. The van der Waals surface area contributed by atoms with Gasteiger partial charge in [0.15, 0.2) is 5.13 Å². The highest BCUT2D eigenvalue weighted by molar-refractivity contribution is 7.92. The Morgan fingerprint density at radius 2 is 1.81 bits per heavy atom. The first-order chi connectivity index (χ1) is 15.4. The molecule has 0 bridgehead atoms. The van der Waals surface area contributed by atoms with Crippen molar-refractivity contribution >= 4 is 48.3 Å². The van der Waals surface area contributed by atoms with Crippen LogP contribution in [0.15, 0.2) is 71.6 Å². The van der Waals surface area contributed by atoms with Gasteiger partial charge in [0.2, 0.25) is 0 Å². The lowest BCUT2D eigenvalue weighted by Gasteiger charge is -2.12. The predicted octanol–water partition coefficient (Wildman–Crippen LogP) is 5.06. The number of benzene rings is 3. The van der Waals surface area contributed by atoms with Crippen LogP contribution >= 0.6 is 11.3 Å². The van der Waals surface area contributed by atoms with Gasteiger partial charge in [-0.2, -0.15) is 0 Å². The van der Waals surface area contributed by atoms with Crippen molar-refractivity contribution in [1.29, 1.82) is 0 Å². The van der Waals surface area contributed by atoms with Crippen LogP contribution < -0.4 is 14.8 Å². The second kappa shape index (κ2) is 8.97. The normalized spacial score (nSPS) is 11.3. The molecule has 0 aliphatic rings. The fourth-order valence-corrected chi connectivity index (χ4v) is 5.31. The maximum Gasteiger partial charge on any atom is 0.262 e. The van der Waals surface area contributed by atoms with Gasteiger partial charge in [-0.3, -0.25) is 14.8 Å². The van der Waals surface area contributed by atoms with Crippen LogP contribution in [0.3, 0.4) is 0 Å². The summed E-state index contributed by atoms with van der Waals surface area (Å²) in [7, 11) is -3.90. The third-order valence-electron chi connectivity index (χ3n) is 4.67. The summed E-state index contributed by atoms with van der Waals surface area (Å²) >= 11 is 1.36. The van der Waals surface area contributed by atoms with E-state index in [2.05, 4.69) is 15.0 Å². The summed E-state index contributed by atoms with van der Waals surface area (Å²) < 4.78 is 34.9. The molecule has 4 rings (SSSR count). The van der Waals surface area contributed by atoms with Crippen LogP contribution in [0.1, 0.15) is 22.8 Å². The number of hydrogen-bond acceptors (Lipinski definition) is 6. The molecule has 1 heterocycles. The van der Waals surface area contributed by atoms with Crippen molar-refractivity contribution in [3.63, 3.8) is 0 Å². The number of carbonyl (C=O) groups is 1. The Kier molecular flexibility index (Phi) is 6.11. The minimum absolute atomic E-state index is 0.0309. The monoisotopic (exact) mass is 467 g/mol. The molecule has 0 aliphatic carbocycles. The number of sulfonamides is 1. The van der Waals surface area contributed by atoms with Gasteiger partial charge >= 0.3 is 0 Å². The van der Waals surface area contributed by atoms with Crippen molar-refractivity contribution in [2.24, 2.45) is 0 Å². The van der Waals surface area contributed by atoms with E-state index in [9.17, 15) is 13.2 Å². The lowest BCUT2D eigenvalue weighted by atomic mass is 10.1. The van der Waals surface area contributed by atoms with E-state index in [1.807, 2.05) is 31.2 Å². The zero-order valence-corrected chi connectivity index (χ0v) is 19.1. The Labute approximate surface area is 190 Å². The second-order valence-electron chi connectivity index (χ2n) is 6.98. The van der Waals surface area contributed by atoms with Gasteiger partial charge < -0.3 is 4.74 Å². The third-order valence-corrected chi connectivity index (χ3v) is 7.15. The third kappa shape index (κ3) is 4.74. The molecule has 0 fully saturated rings. The van der Waals surface area contributed by atoms with Crippen molar-refractivity contribution in [3.8, 4) is 5.75 Å². The summed E-state index contributed by atoms with van der Waals surface area (Å²) in [6.07, 6.45) is 0. The van der Waals surface area contributed by atoms with Crippen molar-refractivity contribution in [2.75, 3.05) is 16.6 Å². The summed E-state index contributed by atoms with van der Waals surface area (Å²) in [4.78, 5) is 17.2.